The van der Waals surface area contributed by atoms with Crippen molar-refractivity contribution in [3.8, 4) is 11.5 Å². The van der Waals surface area contributed by atoms with Gasteiger partial charge in [0.25, 0.3) is 5.91 Å². The van der Waals surface area contributed by atoms with Gasteiger partial charge in [-0.3, -0.25) is 4.79 Å². The quantitative estimate of drug-likeness (QED) is 0.769. The van der Waals surface area contributed by atoms with Crippen LogP contribution in [0.15, 0.2) is 5.38 Å². The molecule has 1 aromatic heterocycles. The van der Waals surface area contributed by atoms with Crippen LogP contribution in [0.25, 0.3) is 0 Å². The molecule has 2 fully saturated rings. The highest BCUT2D eigenvalue weighted by atomic mass is 32.1. The van der Waals surface area contributed by atoms with Crippen molar-refractivity contribution < 1.29 is 19.0 Å². The first-order valence-corrected chi connectivity index (χ1v) is 8.54. The number of hydrogen-bond acceptors (Lipinski definition) is 6. The molecule has 0 aliphatic carbocycles. The second-order valence-corrected chi connectivity index (χ2v) is 7.07. The van der Waals surface area contributed by atoms with Crippen LogP contribution in [0.5, 0.6) is 11.5 Å². The van der Waals surface area contributed by atoms with Gasteiger partial charge in [0.05, 0.1) is 19.3 Å². The van der Waals surface area contributed by atoms with Crippen molar-refractivity contribution in [2.24, 2.45) is 5.92 Å². The summed E-state index contributed by atoms with van der Waals surface area (Å²) in [6, 6.07) is 0.104. The Labute approximate surface area is 133 Å². The predicted octanol–water partition coefficient (Wildman–Crippen LogP) is 0.922. The molecule has 22 heavy (non-hydrogen) atoms. The Morgan fingerprint density at radius 1 is 1.23 bits per heavy atom. The Bertz CT molecular complexity index is 576. The molecule has 0 radical (unpaired) electrons. The second kappa shape index (κ2) is 5.72. The minimum atomic E-state index is 0.0487. The van der Waals surface area contributed by atoms with E-state index < -0.39 is 0 Å². The maximum atomic E-state index is 13.1. The smallest absolute Gasteiger partial charge is 0.268 e. The van der Waals surface area contributed by atoms with E-state index in [9.17, 15) is 4.79 Å². The first kappa shape index (κ1) is 14.3. The Morgan fingerprint density at radius 3 is 3.00 bits per heavy atom. The van der Waals surface area contributed by atoms with Crippen molar-refractivity contribution in [2.75, 3.05) is 53.1 Å². The summed E-state index contributed by atoms with van der Waals surface area (Å²) in [5, 5.41) is 1.87. The van der Waals surface area contributed by atoms with Gasteiger partial charge in [-0.2, -0.15) is 0 Å². The number of nitrogens with zero attached hydrogens (tertiary/aromatic N) is 2. The van der Waals surface area contributed by atoms with Gasteiger partial charge in [0.15, 0.2) is 11.5 Å². The largest absolute Gasteiger partial charge is 0.485 e. The van der Waals surface area contributed by atoms with Crippen molar-refractivity contribution in [2.45, 2.75) is 6.04 Å². The Hall–Kier alpha value is -1.31. The average molecular weight is 324 g/mol. The molecule has 4 rings (SSSR count). The summed E-state index contributed by atoms with van der Waals surface area (Å²) in [4.78, 5) is 18.0. The van der Waals surface area contributed by atoms with E-state index in [0.29, 0.717) is 42.1 Å². The number of hydrogen-bond donors (Lipinski definition) is 0. The van der Waals surface area contributed by atoms with Crippen molar-refractivity contribution >= 4 is 17.2 Å². The second-order valence-electron chi connectivity index (χ2n) is 6.19. The van der Waals surface area contributed by atoms with Gasteiger partial charge < -0.3 is 24.0 Å². The zero-order valence-corrected chi connectivity index (χ0v) is 13.4. The highest BCUT2D eigenvalue weighted by molar-refractivity contribution is 7.12. The first-order chi connectivity index (χ1) is 10.7. The van der Waals surface area contributed by atoms with Gasteiger partial charge in [0.2, 0.25) is 0 Å². The van der Waals surface area contributed by atoms with Gasteiger partial charge in [-0.1, -0.05) is 0 Å². The molecular formula is C15H20N2O4S. The predicted molar refractivity (Wildman–Crippen MR) is 81.9 cm³/mol. The van der Waals surface area contributed by atoms with E-state index >= 15 is 0 Å². The molecule has 2 saturated heterocycles. The summed E-state index contributed by atoms with van der Waals surface area (Å²) in [6.07, 6.45) is 0. The topological polar surface area (TPSA) is 51.2 Å². The van der Waals surface area contributed by atoms with Gasteiger partial charge in [-0.05, 0) is 7.05 Å². The third-order valence-electron chi connectivity index (χ3n) is 4.41. The summed E-state index contributed by atoms with van der Waals surface area (Å²) < 4.78 is 17.0. The van der Waals surface area contributed by atoms with Crippen LogP contribution in [0, 0.1) is 5.92 Å². The number of rotatable bonds is 1. The van der Waals surface area contributed by atoms with E-state index in [1.165, 1.54) is 11.3 Å². The van der Waals surface area contributed by atoms with Crippen LogP contribution in [-0.4, -0.2) is 74.9 Å². The molecule has 7 heteroatoms. The zero-order valence-electron chi connectivity index (χ0n) is 12.6. The summed E-state index contributed by atoms with van der Waals surface area (Å²) in [5.74, 6) is 1.74. The van der Waals surface area contributed by atoms with Gasteiger partial charge in [-0.15, -0.1) is 11.3 Å². The monoisotopic (exact) mass is 324 g/mol. The molecule has 0 unspecified atom stereocenters. The zero-order chi connectivity index (χ0) is 15.1. The molecule has 0 aromatic carbocycles. The maximum Gasteiger partial charge on any atom is 0.268 e. The average Bonchev–Trinajstić information content (AvgIpc) is 2.74. The lowest BCUT2D eigenvalue weighted by Crippen LogP contribution is -2.45. The molecule has 6 nitrogen and oxygen atoms in total. The van der Waals surface area contributed by atoms with E-state index in [1.807, 2.05) is 10.3 Å². The van der Waals surface area contributed by atoms with E-state index in [-0.39, 0.29) is 11.9 Å². The Balaban J connectivity index is 1.63. The molecule has 0 spiro atoms. The third kappa shape index (κ3) is 2.47. The SMILES string of the molecule is CN1C[C@@H]2COC[C@H](C1)N(C(=O)c1scc3c1OCCO3)C2. The fraction of sp³-hybridized carbons (Fsp3) is 0.667. The third-order valence-corrected chi connectivity index (χ3v) is 5.34. The van der Waals surface area contributed by atoms with Crippen molar-refractivity contribution in [1.29, 1.82) is 0 Å². The molecule has 3 aliphatic rings. The molecule has 3 aliphatic heterocycles. The normalized spacial score (nSPS) is 28.3. The first-order valence-electron chi connectivity index (χ1n) is 7.66. The van der Waals surface area contributed by atoms with Crippen molar-refractivity contribution in [3.05, 3.63) is 10.3 Å². The molecule has 1 amide bonds. The van der Waals surface area contributed by atoms with E-state index in [2.05, 4.69) is 11.9 Å². The molecule has 1 aromatic rings. The summed E-state index contributed by atoms with van der Waals surface area (Å²) >= 11 is 1.41. The van der Waals surface area contributed by atoms with Gasteiger partial charge in [0, 0.05) is 30.9 Å². The Kier molecular flexibility index (Phi) is 3.71. The molecule has 120 valence electrons. The standard InChI is InChI=1S/C15H20N2O4S/c1-16-4-10-5-17(11(6-16)8-19-7-10)15(18)14-13-12(9-22-14)20-2-3-21-13/h9-11H,2-8H2,1H3/t10-,11-/m0/s1. The fourth-order valence-corrected chi connectivity index (χ4v) is 4.35. The summed E-state index contributed by atoms with van der Waals surface area (Å²) in [6.45, 7) is 4.97. The Morgan fingerprint density at radius 2 is 2.09 bits per heavy atom. The van der Waals surface area contributed by atoms with Crippen LogP contribution in [0.2, 0.25) is 0 Å². The minimum Gasteiger partial charge on any atom is -0.485 e. The summed E-state index contributed by atoms with van der Waals surface area (Å²) in [7, 11) is 2.11. The molecule has 0 N–H and O–H groups in total. The van der Waals surface area contributed by atoms with Crippen LogP contribution >= 0.6 is 11.3 Å². The van der Waals surface area contributed by atoms with Crippen molar-refractivity contribution in [1.82, 2.24) is 9.80 Å². The van der Waals surface area contributed by atoms with Crippen LogP contribution in [-0.2, 0) is 4.74 Å². The van der Waals surface area contributed by atoms with Gasteiger partial charge >= 0.3 is 0 Å². The van der Waals surface area contributed by atoms with E-state index in [4.69, 9.17) is 14.2 Å². The number of ether oxygens (including phenoxy) is 3. The lowest BCUT2D eigenvalue weighted by molar-refractivity contribution is 0.0482. The minimum absolute atomic E-state index is 0.0487. The highest BCUT2D eigenvalue weighted by Gasteiger charge is 2.37. The number of amides is 1. The lowest BCUT2D eigenvalue weighted by Gasteiger charge is -2.29. The van der Waals surface area contributed by atoms with E-state index in [0.717, 1.165) is 26.2 Å². The number of fused-ring (bicyclic) bond motifs is 4. The van der Waals surface area contributed by atoms with Gasteiger partial charge in [-0.25, -0.2) is 0 Å². The van der Waals surface area contributed by atoms with Crippen LogP contribution in [0.3, 0.4) is 0 Å². The number of carbonyl (C=O) groups excluding carboxylic acids is 1. The highest BCUT2D eigenvalue weighted by Crippen LogP contribution is 2.40. The van der Waals surface area contributed by atoms with Gasteiger partial charge in [0.1, 0.15) is 18.1 Å². The van der Waals surface area contributed by atoms with Crippen LogP contribution in [0.4, 0.5) is 0 Å². The molecule has 2 atom stereocenters. The molecule has 4 heterocycles. The maximum absolute atomic E-state index is 13.1. The van der Waals surface area contributed by atoms with Crippen molar-refractivity contribution in [3.63, 3.8) is 0 Å². The fourth-order valence-electron chi connectivity index (χ4n) is 3.47. The summed E-state index contributed by atoms with van der Waals surface area (Å²) in [5.41, 5.74) is 0. The lowest BCUT2D eigenvalue weighted by atomic mass is 10.1. The molecular weight excluding hydrogens is 304 g/mol. The number of carbonyl (C=O) groups is 1. The van der Waals surface area contributed by atoms with Crippen LogP contribution < -0.4 is 9.47 Å². The molecule has 0 saturated carbocycles. The van der Waals surface area contributed by atoms with E-state index in [1.54, 1.807) is 0 Å². The number of likely N-dealkylation sites (N-methyl/N-ethyl adjacent to an activating group) is 1. The molecule has 2 bridgehead atoms. The number of thiophene rings is 1. The van der Waals surface area contributed by atoms with Crippen LogP contribution in [0.1, 0.15) is 9.67 Å².